The van der Waals surface area contributed by atoms with Crippen LogP contribution in [0.5, 0.6) is 0 Å². The van der Waals surface area contributed by atoms with Gasteiger partial charge in [-0.05, 0) is 31.2 Å². The van der Waals surface area contributed by atoms with Crippen LogP contribution in [0.4, 0.5) is 5.69 Å². The van der Waals surface area contributed by atoms with E-state index in [4.69, 9.17) is 0 Å². The normalized spacial score (nSPS) is 11.5. The van der Waals surface area contributed by atoms with E-state index in [1.54, 1.807) is 29.9 Å². The van der Waals surface area contributed by atoms with Crippen LogP contribution in [-0.2, 0) is 20.7 Å². The Bertz CT molecular complexity index is 1080. The number of para-hydroxylation sites is 1. The quantitative estimate of drug-likeness (QED) is 0.339. The first-order valence-electron chi connectivity index (χ1n) is 9.62. The Labute approximate surface area is 178 Å². The van der Waals surface area contributed by atoms with Crippen molar-refractivity contribution in [1.82, 2.24) is 15.1 Å². The minimum absolute atomic E-state index is 0.0258. The maximum absolute atomic E-state index is 12.6. The summed E-state index contributed by atoms with van der Waals surface area (Å²) in [6, 6.07) is 15.1. The lowest BCUT2D eigenvalue weighted by Gasteiger charge is -2.12. The van der Waals surface area contributed by atoms with Gasteiger partial charge in [0.25, 0.3) is 5.69 Å². The van der Waals surface area contributed by atoms with Crippen LogP contribution in [0, 0.1) is 10.1 Å². The van der Waals surface area contributed by atoms with Crippen molar-refractivity contribution >= 4 is 17.6 Å². The number of carbonyl (C=O) groups is 2. The molecule has 2 aromatic carbocycles. The first kappa shape index (κ1) is 21.7. The number of nitrogens with one attached hydrogen (secondary N) is 1. The molecule has 0 fully saturated rings. The molecule has 9 nitrogen and oxygen atoms in total. The zero-order valence-electron chi connectivity index (χ0n) is 17.1. The number of nitro groups is 1. The summed E-state index contributed by atoms with van der Waals surface area (Å²) in [6.45, 7) is 1.72. The van der Waals surface area contributed by atoms with Crippen molar-refractivity contribution in [3.63, 3.8) is 0 Å². The SMILES string of the molecule is COC(=O)CC(C)NC(=O)Cc1cn(-c2ccccc2)nc1-c1ccc([N+](=O)[O-])cc1. The molecule has 0 bridgehead atoms. The molecule has 1 heterocycles. The van der Waals surface area contributed by atoms with Crippen molar-refractivity contribution in [3.05, 3.63) is 76.5 Å². The van der Waals surface area contributed by atoms with E-state index in [0.29, 0.717) is 16.8 Å². The number of hydrogen-bond donors (Lipinski definition) is 1. The standard InChI is InChI=1S/C22H22N4O5/c1-15(12-21(28)31-2)23-20(27)13-17-14-25(18-6-4-3-5-7-18)24-22(17)16-8-10-19(11-9-16)26(29)30/h3-11,14-15H,12-13H2,1-2H3,(H,23,27). The fourth-order valence-corrected chi connectivity index (χ4v) is 3.12. The van der Waals surface area contributed by atoms with Crippen LogP contribution in [0.2, 0.25) is 0 Å². The van der Waals surface area contributed by atoms with Gasteiger partial charge in [-0.25, -0.2) is 4.68 Å². The number of non-ortho nitro benzene ring substituents is 1. The topological polar surface area (TPSA) is 116 Å². The zero-order chi connectivity index (χ0) is 22.4. The fraction of sp³-hybridized carbons (Fsp3) is 0.227. The summed E-state index contributed by atoms with van der Waals surface area (Å²) in [4.78, 5) is 34.5. The molecule has 1 amide bonds. The molecule has 1 aromatic heterocycles. The van der Waals surface area contributed by atoms with Gasteiger partial charge in [-0.3, -0.25) is 19.7 Å². The molecular weight excluding hydrogens is 400 g/mol. The number of hydrogen-bond acceptors (Lipinski definition) is 6. The van der Waals surface area contributed by atoms with E-state index in [1.807, 2.05) is 30.3 Å². The van der Waals surface area contributed by atoms with Gasteiger partial charge in [0.05, 0.1) is 36.3 Å². The summed E-state index contributed by atoms with van der Waals surface area (Å²) >= 11 is 0. The number of amides is 1. The molecule has 3 aromatic rings. The summed E-state index contributed by atoms with van der Waals surface area (Å²) in [5.74, 6) is -0.677. The number of rotatable bonds is 8. The predicted molar refractivity (Wildman–Crippen MR) is 114 cm³/mol. The number of ether oxygens (including phenoxy) is 1. The summed E-state index contributed by atoms with van der Waals surface area (Å²) in [6.07, 6.45) is 1.86. The van der Waals surface area contributed by atoms with Crippen molar-refractivity contribution in [1.29, 1.82) is 0 Å². The molecule has 0 aliphatic rings. The van der Waals surface area contributed by atoms with Crippen molar-refractivity contribution in [3.8, 4) is 16.9 Å². The van der Waals surface area contributed by atoms with Gasteiger partial charge < -0.3 is 10.1 Å². The highest BCUT2D eigenvalue weighted by atomic mass is 16.6. The third-order valence-electron chi connectivity index (χ3n) is 4.62. The molecule has 0 spiro atoms. The van der Waals surface area contributed by atoms with Crippen molar-refractivity contribution in [2.24, 2.45) is 0 Å². The molecule has 9 heteroatoms. The zero-order valence-corrected chi connectivity index (χ0v) is 17.1. The predicted octanol–water partition coefficient (Wildman–Crippen LogP) is 3.06. The molecule has 0 aliphatic heterocycles. The van der Waals surface area contributed by atoms with E-state index in [1.165, 1.54) is 19.2 Å². The Morgan fingerprint density at radius 3 is 2.45 bits per heavy atom. The second-order valence-electron chi connectivity index (χ2n) is 7.01. The number of benzene rings is 2. The van der Waals surface area contributed by atoms with Crippen LogP contribution in [0.1, 0.15) is 18.9 Å². The van der Waals surface area contributed by atoms with Crippen LogP contribution < -0.4 is 5.32 Å². The van der Waals surface area contributed by atoms with Crippen LogP contribution in [0.15, 0.2) is 60.8 Å². The van der Waals surface area contributed by atoms with Gasteiger partial charge in [0.2, 0.25) is 5.91 Å². The second kappa shape index (κ2) is 9.66. The summed E-state index contributed by atoms with van der Waals surface area (Å²) in [7, 11) is 1.30. The van der Waals surface area contributed by atoms with Gasteiger partial charge in [-0.2, -0.15) is 5.10 Å². The maximum Gasteiger partial charge on any atom is 0.307 e. The fourth-order valence-electron chi connectivity index (χ4n) is 3.12. The third-order valence-corrected chi connectivity index (χ3v) is 4.62. The number of nitrogens with zero attached hydrogens (tertiary/aromatic N) is 3. The molecule has 31 heavy (non-hydrogen) atoms. The molecule has 160 valence electrons. The number of nitro benzene ring substituents is 1. The molecule has 0 aliphatic carbocycles. The molecular formula is C22H22N4O5. The van der Waals surface area contributed by atoms with Gasteiger partial charge in [0.15, 0.2) is 0 Å². The largest absolute Gasteiger partial charge is 0.469 e. The van der Waals surface area contributed by atoms with E-state index in [-0.39, 0.29) is 30.5 Å². The smallest absolute Gasteiger partial charge is 0.307 e. The van der Waals surface area contributed by atoms with E-state index in [2.05, 4.69) is 15.2 Å². The summed E-state index contributed by atoms with van der Waals surface area (Å²) in [5.41, 5.74) is 2.65. The average molecular weight is 422 g/mol. The van der Waals surface area contributed by atoms with Crippen LogP contribution >= 0.6 is 0 Å². The molecule has 1 N–H and O–H groups in total. The van der Waals surface area contributed by atoms with E-state index < -0.39 is 10.9 Å². The monoisotopic (exact) mass is 422 g/mol. The van der Waals surface area contributed by atoms with E-state index >= 15 is 0 Å². The Balaban J connectivity index is 1.88. The van der Waals surface area contributed by atoms with E-state index in [0.717, 1.165) is 5.69 Å². The summed E-state index contributed by atoms with van der Waals surface area (Å²) in [5, 5.41) is 18.3. The molecule has 3 rings (SSSR count). The lowest BCUT2D eigenvalue weighted by Crippen LogP contribution is -2.35. The van der Waals surface area contributed by atoms with Gasteiger partial charge in [0, 0.05) is 35.5 Å². The molecule has 0 saturated heterocycles. The lowest BCUT2D eigenvalue weighted by atomic mass is 10.1. The number of methoxy groups -OCH3 is 1. The average Bonchev–Trinajstić information content (AvgIpc) is 3.17. The lowest BCUT2D eigenvalue weighted by molar-refractivity contribution is -0.384. The highest BCUT2D eigenvalue weighted by Crippen LogP contribution is 2.26. The van der Waals surface area contributed by atoms with E-state index in [9.17, 15) is 19.7 Å². The Kier molecular flexibility index (Phi) is 6.76. The van der Waals surface area contributed by atoms with Crippen LogP contribution in [-0.4, -0.2) is 39.7 Å². The van der Waals surface area contributed by atoms with Crippen molar-refractivity contribution in [2.45, 2.75) is 25.8 Å². The Hall–Kier alpha value is -4.01. The Morgan fingerprint density at radius 2 is 1.84 bits per heavy atom. The third kappa shape index (κ3) is 5.53. The molecule has 0 saturated carbocycles. The van der Waals surface area contributed by atoms with Crippen LogP contribution in [0.25, 0.3) is 16.9 Å². The Morgan fingerprint density at radius 1 is 1.16 bits per heavy atom. The first-order chi connectivity index (χ1) is 14.9. The van der Waals surface area contributed by atoms with Gasteiger partial charge in [0.1, 0.15) is 0 Å². The summed E-state index contributed by atoms with van der Waals surface area (Å²) < 4.78 is 6.29. The highest BCUT2D eigenvalue weighted by molar-refractivity contribution is 5.82. The first-order valence-corrected chi connectivity index (χ1v) is 9.62. The minimum atomic E-state index is -0.469. The number of esters is 1. The number of aromatic nitrogens is 2. The molecule has 1 unspecified atom stereocenters. The van der Waals surface area contributed by atoms with Gasteiger partial charge in [-0.15, -0.1) is 0 Å². The number of carbonyl (C=O) groups excluding carboxylic acids is 2. The molecule has 1 atom stereocenters. The van der Waals surface area contributed by atoms with Crippen molar-refractivity contribution in [2.75, 3.05) is 7.11 Å². The maximum atomic E-state index is 12.6. The van der Waals surface area contributed by atoms with Crippen molar-refractivity contribution < 1.29 is 19.2 Å². The second-order valence-corrected chi connectivity index (χ2v) is 7.01. The minimum Gasteiger partial charge on any atom is -0.469 e. The molecule has 0 radical (unpaired) electrons. The van der Waals surface area contributed by atoms with Gasteiger partial charge in [-0.1, -0.05) is 18.2 Å². The van der Waals surface area contributed by atoms with Crippen LogP contribution in [0.3, 0.4) is 0 Å². The highest BCUT2D eigenvalue weighted by Gasteiger charge is 2.18. The van der Waals surface area contributed by atoms with Gasteiger partial charge >= 0.3 is 5.97 Å².